The van der Waals surface area contributed by atoms with Gasteiger partial charge in [0.15, 0.2) is 0 Å². The monoisotopic (exact) mass is 432 g/mol. The second-order valence-corrected chi connectivity index (χ2v) is 8.81. The molecule has 0 aromatic heterocycles. The van der Waals surface area contributed by atoms with E-state index in [0.29, 0.717) is 5.75 Å². The minimum Gasteiger partial charge on any atom is -0.457 e. The molecular weight excluding hydrogens is 388 g/mol. The Bertz CT molecular complexity index is 609. The van der Waals surface area contributed by atoms with Crippen LogP contribution in [0.5, 0.6) is 5.75 Å². The topological polar surface area (TPSA) is 52.6 Å². The molecule has 1 aromatic carbocycles. The Labute approximate surface area is 190 Å². The van der Waals surface area contributed by atoms with Crippen molar-refractivity contribution in [3.63, 3.8) is 0 Å². The van der Waals surface area contributed by atoms with Gasteiger partial charge in [-0.15, -0.1) is 0 Å². The summed E-state index contributed by atoms with van der Waals surface area (Å²) in [4.78, 5) is 23.8. The maximum Gasteiger partial charge on any atom is 0.422 e. The van der Waals surface area contributed by atoms with E-state index in [1.54, 1.807) is 12.1 Å². The highest BCUT2D eigenvalue weighted by Crippen LogP contribution is 2.26. The van der Waals surface area contributed by atoms with Gasteiger partial charge < -0.3 is 9.47 Å². The quantitative estimate of drug-likeness (QED) is 0.109. The molecular formula is C27H44O4. The Morgan fingerprint density at radius 2 is 1.19 bits per heavy atom. The molecule has 0 spiro atoms. The van der Waals surface area contributed by atoms with Gasteiger partial charge in [-0.1, -0.05) is 122 Å². The zero-order valence-electron chi connectivity index (χ0n) is 20.1. The molecule has 0 bridgehead atoms. The number of unbranched alkanes of at least 4 members (excludes halogenated alkanes) is 13. The van der Waals surface area contributed by atoms with Gasteiger partial charge in [-0.3, -0.25) is 0 Å². The molecule has 0 unspecified atom stereocenters. The summed E-state index contributed by atoms with van der Waals surface area (Å²) < 4.78 is 10.3. The van der Waals surface area contributed by atoms with Crippen LogP contribution in [0.1, 0.15) is 122 Å². The van der Waals surface area contributed by atoms with Crippen molar-refractivity contribution in [1.82, 2.24) is 0 Å². The fourth-order valence-corrected chi connectivity index (χ4v) is 3.71. The van der Waals surface area contributed by atoms with Crippen LogP contribution in [0, 0.1) is 0 Å². The molecule has 0 atom stereocenters. The summed E-state index contributed by atoms with van der Waals surface area (Å²) in [5.41, 5.74) is 0.899. The third-order valence-corrected chi connectivity index (χ3v) is 5.64. The molecule has 0 amide bonds. The largest absolute Gasteiger partial charge is 0.457 e. The van der Waals surface area contributed by atoms with Crippen LogP contribution in [0.4, 0.5) is 0 Å². The van der Waals surface area contributed by atoms with Gasteiger partial charge >= 0.3 is 11.9 Å². The van der Waals surface area contributed by atoms with Crippen LogP contribution < -0.4 is 4.74 Å². The number of hydrogen-bond donors (Lipinski definition) is 0. The van der Waals surface area contributed by atoms with Crippen LogP contribution in [0.15, 0.2) is 24.3 Å². The molecule has 4 nitrogen and oxygen atoms in total. The molecule has 0 radical (unpaired) electrons. The molecule has 0 heterocycles. The fourth-order valence-electron chi connectivity index (χ4n) is 3.71. The van der Waals surface area contributed by atoms with Gasteiger partial charge in [0.2, 0.25) is 0 Å². The Kier molecular flexibility index (Phi) is 15.6. The van der Waals surface area contributed by atoms with Gasteiger partial charge in [-0.25, -0.2) is 9.59 Å². The number of hydrogen-bond acceptors (Lipinski definition) is 4. The smallest absolute Gasteiger partial charge is 0.422 e. The van der Waals surface area contributed by atoms with Crippen molar-refractivity contribution in [2.45, 2.75) is 117 Å². The molecule has 0 N–H and O–H groups in total. The van der Waals surface area contributed by atoms with E-state index in [9.17, 15) is 9.59 Å². The van der Waals surface area contributed by atoms with Gasteiger partial charge in [0.25, 0.3) is 0 Å². The van der Waals surface area contributed by atoms with Crippen molar-refractivity contribution in [1.29, 1.82) is 0 Å². The van der Waals surface area contributed by atoms with E-state index in [0.717, 1.165) is 24.8 Å². The van der Waals surface area contributed by atoms with Crippen molar-refractivity contribution >= 4 is 11.9 Å². The maximum atomic E-state index is 12.0. The minimum atomic E-state index is -0.946. The average molecular weight is 433 g/mol. The van der Waals surface area contributed by atoms with Crippen molar-refractivity contribution in [3.8, 4) is 5.75 Å². The lowest BCUT2D eigenvalue weighted by Gasteiger charge is -2.12. The van der Waals surface area contributed by atoms with Crippen LogP contribution in [0.2, 0.25) is 0 Å². The first-order valence-corrected chi connectivity index (χ1v) is 12.5. The Balaban J connectivity index is 1.98. The number of ether oxygens (including phenoxy) is 2. The van der Waals surface area contributed by atoms with Gasteiger partial charge in [-0.2, -0.15) is 0 Å². The standard InChI is InChI=1S/C27H44O4/c1-4-5-6-7-8-9-10-11-12-13-14-15-16-19-22-30-26(28)27(29)31-25-21-18-17-20-24(25)23(2)3/h17-18,20-21,23H,4-16,19,22H2,1-3H3. The summed E-state index contributed by atoms with van der Waals surface area (Å²) in [6.45, 7) is 6.57. The van der Waals surface area contributed by atoms with Crippen LogP contribution in [0.3, 0.4) is 0 Å². The summed E-state index contributed by atoms with van der Waals surface area (Å²) in [5, 5.41) is 0. The lowest BCUT2D eigenvalue weighted by atomic mass is 10.0. The predicted molar refractivity (Wildman–Crippen MR) is 127 cm³/mol. The second kappa shape index (κ2) is 17.8. The van der Waals surface area contributed by atoms with Crippen molar-refractivity contribution < 1.29 is 19.1 Å². The summed E-state index contributed by atoms with van der Waals surface area (Å²) in [5.74, 6) is -1.22. The maximum absolute atomic E-state index is 12.0. The molecule has 176 valence electrons. The first-order valence-electron chi connectivity index (χ1n) is 12.5. The molecule has 0 fully saturated rings. The fraction of sp³-hybridized carbons (Fsp3) is 0.704. The molecule has 31 heavy (non-hydrogen) atoms. The minimum absolute atomic E-state index is 0.204. The Hall–Kier alpha value is -1.84. The lowest BCUT2D eigenvalue weighted by Crippen LogP contribution is -2.24. The Morgan fingerprint density at radius 3 is 1.71 bits per heavy atom. The van der Waals surface area contributed by atoms with E-state index in [1.165, 1.54) is 70.6 Å². The van der Waals surface area contributed by atoms with Crippen LogP contribution in [-0.4, -0.2) is 18.5 Å². The second-order valence-electron chi connectivity index (χ2n) is 8.81. The van der Waals surface area contributed by atoms with Gasteiger partial charge in [0.1, 0.15) is 5.75 Å². The normalized spacial score (nSPS) is 11.0. The molecule has 0 aliphatic heterocycles. The van der Waals surface area contributed by atoms with E-state index in [4.69, 9.17) is 9.47 Å². The first kappa shape index (κ1) is 27.2. The average Bonchev–Trinajstić information content (AvgIpc) is 2.76. The molecule has 0 saturated carbocycles. The summed E-state index contributed by atoms with van der Waals surface area (Å²) in [6.07, 6.45) is 17.8. The zero-order chi connectivity index (χ0) is 22.7. The van der Waals surface area contributed by atoms with Crippen LogP contribution in [0.25, 0.3) is 0 Å². The van der Waals surface area contributed by atoms with E-state index in [2.05, 4.69) is 6.92 Å². The highest BCUT2D eigenvalue weighted by molar-refractivity contribution is 6.30. The van der Waals surface area contributed by atoms with E-state index in [1.807, 2.05) is 26.0 Å². The summed E-state index contributed by atoms with van der Waals surface area (Å²) in [6, 6.07) is 7.27. The number of rotatable bonds is 17. The van der Waals surface area contributed by atoms with Gasteiger partial charge in [0.05, 0.1) is 6.61 Å². The zero-order valence-corrected chi connectivity index (χ0v) is 20.1. The SMILES string of the molecule is CCCCCCCCCCCCCCCCOC(=O)C(=O)Oc1ccccc1C(C)C. The van der Waals surface area contributed by atoms with Crippen molar-refractivity contribution in [3.05, 3.63) is 29.8 Å². The molecule has 0 aliphatic carbocycles. The van der Waals surface area contributed by atoms with Crippen molar-refractivity contribution in [2.75, 3.05) is 6.61 Å². The van der Waals surface area contributed by atoms with E-state index in [-0.39, 0.29) is 12.5 Å². The lowest BCUT2D eigenvalue weighted by molar-refractivity contribution is -0.162. The predicted octanol–water partition coefficient (Wildman–Crippen LogP) is 7.74. The molecule has 4 heteroatoms. The summed E-state index contributed by atoms with van der Waals surface area (Å²) >= 11 is 0. The van der Waals surface area contributed by atoms with Crippen LogP contribution in [-0.2, 0) is 14.3 Å². The van der Waals surface area contributed by atoms with E-state index < -0.39 is 11.9 Å². The summed E-state index contributed by atoms with van der Waals surface area (Å²) in [7, 11) is 0. The number of carbonyl (C=O) groups excluding carboxylic acids is 2. The molecule has 0 saturated heterocycles. The van der Waals surface area contributed by atoms with Crippen LogP contribution >= 0.6 is 0 Å². The molecule has 1 aromatic rings. The number of para-hydroxylation sites is 1. The van der Waals surface area contributed by atoms with E-state index >= 15 is 0 Å². The third kappa shape index (κ3) is 13.2. The molecule has 1 rings (SSSR count). The van der Waals surface area contributed by atoms with Gasteiger partial charge in [0, 0.05) is 0 Å². The van der Waals surface area contributed by atoms with Gasteiger partial charge in [-0.05, 0) is 24.0 Å². The molecule has 0 aliphatic rings. The highest BCUT2D eigenvalue weighted by Gasteiger charge is 2.20. The number of benzene rings is 1. The first-order chi connectivity index (χ1) is 15.1. The highest BCUT2D eigenvalue weighted by atomic mass is 16.6. The Morgan fingerprint density at radius 1 is 0.710 bits per heavy atom. The third-order valence-electron chi connectivity index (χ3n) is 5.64. The van der Waals surface area contributed by atoms with Crippen molar-refractivity contribution in [2.24, 2.45) is 0 Å². The number of carbonyl (C=O) groups is 2. The number of esters is 2.